The molecule has 7 rings (SSSR count). The molecule has 256 valence electrons. The maximum Gasteiger partial charge on any atom is 0.326 e. The van der Waals surface area contributed by atoms with Gasteiger partial charge in [0.15, 0.2) is 0 Å². The predicted molar refractivity (Wildman–Crippen MR) is 190 cm³/mol. The number of hydrogen-bond acceptors (Lipinski definition) is 5. The topological polar surface area (TPSA) is 189 Å². The number of carbonyl (C=O) groups is 4. The quantitative estimate of drug-likeness (QED) is 0.104. The van der Waals surface area contributed by atoms with Crippen LogP contribution in [-0.4, -0.2) is 79.4 Å². The molecule has 1 aliphatic rings. The third-order valence-corrected chi connectivity index (χ3v) is 9.72. The molecule has 0 radical (unpaired) electrons. The number of aromatic amines is 3. The Kier molecular flexibility index (Phi) is 9.09. The van der Waals surface area contributed by atoms with Crippen molar-refractivity contribution in [2.45, 2.75) is 56.3 Å². The van der Waals surface area contributed by atoms with Crippen LogP contribution in [0, 0.1) is 0 Å². The van der Waals surface area contributed by atoms with Crippen LogP contribution in [0.5, 0.6) is 0 Å². The van der Waals surface area contributed by atoms with Crippen LogP contribution in [0.1, 0.15) is 29.5 Å². The van der Waals surface area contributed by atoms with Crippen molar-refractivity contribution in [1.29, 1.82) is 0 Å². The maximum atomic E-state index is 14.3. The molecule has 0 spiro atoms. The monoisotopic (exact) mass is 673 g/mol. The van der Waals surface area contributed by atoms with Gasteiger partial charge in [-0.1, -0.05) is 54.6 Å². The van der Waals surface area contributed by atoms with E-state index in [0.717, 1.165) is 49.4 Å². The summed E-state index contributed by atoms with van der Waals surface area (Å²) in [5, 5.41) is 18.4. The second-order valence-corrected chi connectivity index (χ2v) is 12.9. The highest BCUT2D eigenvalue weighted by Gasteiger charge is 2.39. The van der Waals surface area contributed by atoms with Gasteiger partial charge in [0.1, 0.15) is 18.1 Å². The van der Waals surface area contributed by atoms with Crippen molar-refractivity contribution in [1.82, 2.24) is 30.5 Å². The van der Waals surface area contributed by atoms with Gasteiger partial charge in [0.05, 0.1) is 6.04 Å². The Morgan fingerprint density at radius 3 is 1.72 bits per heavy atom. The normalized spacial score (nSPS) is 16.4. The molecule has 1 fully saturated rings. The van der Waals surface area contributed by atoms with Crippen LogP contribution in [0.2, 0.25) is 0 Å². The Morgan fingerprint density at radius 1 is 0.720 bits per heavy atom. The number of para-hydroxylation sites is 3. The average Bonchev–Trinajstić information content (AvgIpc) is 3.94. The Morgan fingerprint density at radius 2 is 1.20 bits per heavy atom. The number of benzene rings is 3. The minimum atomic E-state index is -1.21. The van der Waals surface area contributed by atoms with E-state index < -0.39 is 47.9 Å². The first-order chi connectivity index (χ1) is 24.3. The van der Waals surface area contributed by atoms with E-state index in [0.29, 0.717) is 19.4 Å². The average molecular weight is 674 g/mol. The molecule has 1 saturated heterocycles. The molecule has 3 aromatic heterocycles. The second-order valence-electron chi connectivity index (χ2n) is 12.9. The smallest absolute Gasteiger partial charge is 0.326 e. The lowest BCUT2D eigenvalue weighted by molar-refractivity contribution is -0.144. The third-order valence-electron chi connectivity index (χ3n) is 9.72. The van der Waals surface area contributed by atoms with Crippen molar-refractivity contribution in [3.63, 3.8) is 0 Å². The molecule has 1 aliphatic heterocycles. The zero-order chi connectivity index (χ0) is 34.8. The summed E-state index contributed by atoms with van der Waals surface area (Å²) in [7, 11) is 0. The van der Waals surface area contributed by atoms with Gasteiger partial charge in [-0.3, -0.25) is 14.4 Å². The molecule has 8 N–H and O–H groups in total. The van der Waals surface area contributed by atoms with Crippen LogP contribution in [0.15, 0.2) is 91.4 Å². The predicted octanol–water partition coefficient (Wildman–Crippen LogP) is 3.53. The van der Waals surface area contributed by atoms with E-state index in [1.807, 2.05) is 85.2 Å². The maximum absolute atomic E-state index is 14.3. The Bertz CT molecular complexity index is 2200. The molecule has 4 heterocycles. The summed E-state index contributed by atoms with van der Waals surface area (Å²) in [6.07, 6.45) is 6.81. The largest absolute Gasteiger partial charge is 0.480 e. The van der Waals surface area contributed by atoms with Crippen molar-refractivity contribution in [3.05, 3.63) is 108 Å². The minimum absolute atomic E-state index is 0.0688. The number of nitrogens with zero attached hydrogens (tertiary/aromatic N) is 1. The molecule has 50 heavy (non-hydrogen) atoms. The van der Waals surface area contributed by atoms with Crippen LogP contribution < -0.4 is 16.4 Å². The number of aromatic nitrogens is 3. The van der Waals surface area contributed by atoms with Crippen LogP contribution in [0.3, 0.4) is 0 Å². The molecule has 12 heteroatoms. The van der Waals surface area contributed by atoms with E-state index in [4.69, 9.17) is 5.73 Å². The second kappa shape index (κ2) is 13.9. The lowest BCUT2D eigenvalue weighted by atomic mass is 10.0. The molecule has 4 atom stereocenters. The van der Waals surface area contributed by atoms with Gasteiger partial charge in [-0.2, -0.15) is 0 Å². The summed E-state index contributed by atoms with van der Waals surface area (Å²) in [6, 6.07) is 18.9. The van der Waals surface area contributed by atoms with Crippen molar-refractivity contribution in [3.8, 4) is 0 Å². The van der Waals surface area contributed by atoms with E-state index in [-0.39, 0.29) is 19.3 Å². The van der Waals surface area contributed by atoms with Crippen molar-refractivity contribution in [2.75, 3.05) is 6.54 Å². The van der Waals surface area contributed by atoms with Gasteiger partial charge in [-0.25, -0.2) is 4.79 Å². The van der Waals surface area contributed by atoms with Gasteiger partial charge in [0.2, 0.25) is 17.7 Å². The number of carboxylic acid groups (broad SMARTS) is 1. The highest BCUT2D eigenvalue weighted by Crippen LogP contribution is 2.25. The summed E-state index contributed by atoms with van der Waals surface area (Å²) < 4.78 is 0. The minimum Gasteiger partial charge on any atom is -0.480 e. The molecule has 4 unspecified atom stereocenters. The molecule has 12 nitrogen and oxygen atoms in total. The van der Waals surface area contributed by atoms with Crippen molar-refractivity contribution >= 4 is 56.4 Å². The number of hydrogen-bond donors (Lipinski definition) is 7. The molecule has 0 saturated carbocycles. The zero-order valence-electron chi connectivity index (χ0n) is 27.3. The van der Waals surface area contributed by atoms with Crippen molar-refractivity contribution in [2.24, 2.45) is 5.73 Å². The Hall–Kier alpha value is -5.88. The van der Waals surface area contributed by atoms with Crippen LogP contribution in [0.4, 0.5) is 0 Å². The third kappa shape index (κ3) is 6.57. The standard InChI is InChI=1S/C38H39N7O5/c39-28(16-22-19-40-29-11-4-1-8-25(22)29)35(46)43-32(17-23-20-41-30-12-5-2-9-26(23)30)37(48)45-15-7-14-34(45)36(47)44-33(38(49)50)18-24-21-42-31-13-6-3-10-27(24)31/h1-6,8-13,19-21,28,32-34,40-42H,7,14-18,39H2,(H,43,46)(H,44,47)(H,49,50). The number of aliphatic carboxylic acids is 1. The summed E-state index contributed by atoms with van der Waals surface area (Å²) in [4.78, 5) is 65.0. The van der Waals surface area contributed by atoms with Crippen LogP contribution in [-0.2, 0) is 38.4 Å². The van der Waals surface area contributed by atoms with E-state index in [1.165, 1.54) is 4.90 Å². The van der Waals surface area contributed by atoms with Gasteiger partial charge in [0.25, 0.3) is 0 Å². The molecule has 6 aromatic rings. The lowest BCUT2D eigenvalue weighted by Crippen LogP contribution is -2.57. The highest BCUT2D eigenvalue weighted by molar-refractivity contribution is 5.96. The van der Waals surface area contributed by atoms with Crippen LogP contribution >= 0.6 is 0 Å². The molecule has 3 aromatic carbocycles. The fourth-order valence-electron chi connectivity index (χ4n) is 7.12. The molecular formula is C38H39N7O5. The van der Waals surface area contributed by atoms with E-state index in [1.54, 1.807) is 6.20 Å². The lowest BCUT2D eigenvalue weighted by Gasteiger charge is -2.30. The number of likely N-dealkylation sites (tertiary alicyclic amines) is 1. The fraction of sp³-hybridized carbons (Fsp3) is 0.263. The number of carbonyl (C=O) groups excluding carboxylic acids is 3. The summed E-state index contributed by atoms with van der Waals surface area (Å²) >= 11 is 0. The molecule has 0 bridgehead atoms. The van der Waals surface area contributed by atoms with Crippen molar-refractivity contribution < 1.29 is 24.3 Å². The van der Waals surface area contributed by atoms with Gasteiger partial charge in [-0.05, 0) is 54.2 Å². The number of fused-ring (bicyclic) bond motifs is 3. The number of amides is 3. The van der Waals surface area contributed by atoms with Gasteiger partial charge in [0, 0.05) is 70.7 Å². The highest BCUT2D eigenvalue weighted by atomic mass is 16.4. The molecule has 3 amide bonds. The number of carboxylic acids is 1. The first-order valence-corrected chi connectivity index (χ1v) is 16.8. The van der Waals surface area contributed by atoms with Gasteiger partial charge >= 0.3 is 5.97 Å². The zero-order valence-corrected chi connectivity index (χ0v) is 27.3. The van der Waals surface area contributed by atoms with Gasteiger partial charge < -0.3 is 41.3 Å². The van der Waals surface area contributed by atoms with Gasteiger partial charge in [-0.15, -0.1) is 0 Å². The summed E-state index contributed by atoms with van der Waals surface area (Å²) in [5.41, 5.74) is 11.6. The SMILES string of the molecule is NC(Cc1c[nH]c2ccccc12)C(=O)NC(Cc1c[nH]c2ccccc12)C(=O)N1CCCC1C(=O)NC(Cc1c[nH]c2ccccc12)C(=O)O. The number of nitrogens with one attached hydrogen (secondary N) is 5. The number of H-pyrrole nitrogens is 3. The molecular weight excluding hydrogens is 634 g/mol. The first kappa shape index (κ1) is 32.7. The molecule has 0 aliphatic carbocycles. The van der Waals surface area contributed by atoms with E-state index in [2.05, 4.69) is 25.6 Å². The summed E-state index contributed by atoms with van der Waals surface area (Å²) in [5.74, 6) is -2.63. The number of rotatable bonds is 12. The van der Waals surface area contributed by atoms with E-state index >= 15 is 0 Å². The summed E-state index contributed by atoms with van der Waals surface area (Å²) in [6.45, 7) is 0.290. The Labute approximate surface area is 287 Å². The Balaban J connectivity index is 1.10. The first-order valence-electron chi connectivity index (χ1n) is 16.8. The fourth-order valence-corrected chi connectivity index (χ4v) is 7.12. The number of nitrogens with two attached hydrogens (primary N) is 1. The van der Waals surface area contributed by atoms with Crippen LogP contribution in [0.25, 0.3) is 32.7 Å². The van der Waals surface area contributed by atoms with E-state index in [9.17, 15) is 24.3 Å².